The highest BCUT2D eigenvalue weighted by molar-refractivity contribution is 6.22. The Kier molecular flexibility index (Phi) is 3.61. The van der Waals surface area contributed by atoms with Gasteiger partial charge in [0.25, 0.3) is 5.91 Å². The number of benzene rings is 1. The molecule has 120 valence electrons. The van der Waals surface area contributed by atoms with Crippen molar-refractivity contribution in [3.05, 3.63) is 35.4 Å². The number of amidine groups is 1. The number of nitrogens with one attached hydrogen (secondary N) is 1. The van der Waals surface area contributed by atoms with Crippen LogP contribution in [-0.2, 0) is 11.3 Å². The fourth-order valence-electron chi connectivity index (χ4n) is 2.89. The highest BCUT2D eigenvalue weighted by Gasteiger charge is 2.51. The number of carbonyl (C=O) groups excluding carboxylic acids is 2. The van der Waals surface area contributed by atoms with Gasteiger partial charge >= 0.3 is 12.0 Å². The van der Waals surface area contributed by atoms with Crippen LogP contribution in [0, 0.1) is 6.92 Å². The minimum atomic E-state index is -0.658. The number of carbonyl (C=O) groups is 2. The molecule has 0 radical (unpaired) electrons. The summed E-state index contributed by atoms with van der Waals surface area (Å²) in [5, 5.41) is 0. The van der Waals surface area contributed by atoms with E-state index < -0.39 is 12.1 Å². The number of nitrogens with zero attached hydrogens (tertiary/aromatic N) is 4. The highest BCUT2D eigenvalue weighted by atomic mass is 16.2. The van der Waals surface area contributed by atoms with Crippen LogP contribution < -0.4 is 11.3 Å². The summed E-state index contributed by atoms with van der Waals surface area (Å²) in [6, 6.07) is 6.92. The van der Waals surface area contributed by atoms with Gasteiger partial charge in [0, 0.05) is 14.1 Å². The Bertz CT molecular complexity index is 754. The Hall–Kier alpha value is -2.74. The van der Waals surface area contributed by atoms with Crippen molar-refractivity contribution in [2.45, 2.75) is 19.5 Å². The number of aryl methyl sites for hydroxylation is 1. The van der Waals surface area contributed by atoms with E-state index in [0.29, 0.717) is 18.3 Å². The second-order valence-corrected chi connectivity index (χ2v) is 5.70. The van der Waals surface area contributed by atoms with E-state index in [1.54, 1.807) is 11.6 Å². The first kappa shape index (κ1) is 15.2. The smallest absolute Gasteiger partial charge is 0.270 e. The zero-order chi connectivity index (χ0) is 16.7. The molecule has 0 aliphatic carbocycles. The third-order valence-electron chi connectivity index (χ3n) is 4.10. The van der Waals surface area contributed by atoms with Gasteiger partial charge in [-0.05, 0) is 12.5 Å². The van der Waals surface area contributed by atoms with Crippen LogP contribution >= 0.6 is 0 Å². The molecule has 2 aliphatic rings. The van der Waals surface area contributed by atoms with E-state index in [2.05, 4.69) is 10.4 Å². The minimum absolute atomic E-state index is 0.315. The van der Waals surface area contributed by atoms with E-state index in [9.17, 15) is 9.59 Å². The van der Waals surface area contributed by atoms with Gasteiger partial charge < -0.3 is 0 Å². The number of amides is 3. The van der Waals surface area contributed by atoms with Crippen molar-refractivity contribution >= 4 is 23.7 Å². The van der Waals surface area contributed by atoms with Crippen molar-refractivity contribution in [1.82, 2.24) is 15.2 Å². The first-order valence-electron chi connectivity index (χ1n) is 7.23. The van der Waals surface area contributed by atoms with E-state index in [0.717, 1.165) is 16.0 Å². The van der Waals surface area contributed by atoms with E-state index >= 15 is 0 Å². The first-order chi connectivity index (χ1) is 10.9. The molecule has 0 spiro atoms. The largest absolute Gasteiger partial charge is 0.407 e. The highest BCUT2D eigenvalue weighted by Crippen LogP contribution is 2.20. The van der Waals surface area contributed by atoms with Crippen LogP contribution in [0.15, 0.2) is 29.3 Å². The zero-order valence-corrected chi connectivity index (χ0v) is 13.3. The molecule has 2 heterocycles. The molecule has 0 saturated carbocycles. The van der Waals surface area contributed by atoms with Crippen LogP contribution in [0.3, 0.4) is 0 Å². The fourth-order valence-corrected chi connectivity index (χ4v) is 2.89. The number of hydrogen-bond donors (Lipinski definition) is 2. The zero-order valence-electron chi connectivity index (χ0n) is 13.3. The molecule has 0 aromatic heterocycles. The Morgan fingerprint density at radius 2 is 2.04 bits per heavy atom. The van der Waals surface area contributed by atoms with E-state index in [-0.39, 0.29) is 5.91 Å². The molecule has 3 amide bonds. The lowest BCUT2D eigenvalue weighted by Crippen LogP contribution is -2.61. The monoisotopic (exact) mass is 315 g/mol. The number of likely N-dealkylation sites (N-methyl/N-ethyl adjacent to an activating group) is 2. The maximum atomic E-state index is 12.6. The molecule has 1 unspecified atom stereocenters. The van der Waals surface area contributed by atoms with Crippen LogP contribution in [0.2, 0.25) is 0 Å². The topological polar surface area (TPSA) is 94.0 Å². The molecule has 3 N–H and O–H groups in total. The number of urea groups is 1. The molecule has 23 heavy (non-hydrogen) atoms. The van der Waals surface area contributed by atoms with Crippen LogP contribution in [-0.4, -0.2) is 58.2 Å². The van der Waals surface area contributed by atoms with Crippen molar-refractivity contribution < 1.29 is 14.2 Å². The van der Waals surface area contributed by atoms with Gasteiger partial charge in [0.2, 0.25) is 11.9 Å². The SMILES string of the molecule is Cc1cccc(C[N+]2=C(NN)N=C3C2C(=O)N(C)C(=O)N3C)c1. The molecule has 0 bridgehead atoms. The summed E-state index contributed by atoms with van der Waals surface area (Å²) in [5.41, 5.74) is 4.68. The molecule has 3 rings (SSSR count). The molecule has 1 aromatic carbocycles. The minimum Gasteiger partial charge on any atom is -0.270 e. The Morgan fingerprint density at radius 1 is 1.30 bits per heavy atom. The molecular weight excluding hydrogens is 296 g/mol. The van der Waals surface area contributed by atoms with Crippen molar-refractivity contribution in [2.75, 3.05) is 14.1 Å². The lowest BCUT2D eigenvalue weighted by atomic mass is 10.1. The quantitative estimate of drug-likeness (QED) is 0.442. The number of guanidine groups is 1. The van der Waals surface area contributed by atoms with Crippen molar-refractivity contribution in [2.24, 2.45) is 10.8 Å². The lowest BCUT2D eigenvalue weighted by molar-refractivity contribution is -0.553. The summed E-state index contributed by atoms with van der Waals surface area (Å²) < 4.78 is 1.77. The summed E-state index contributed by atoms with van der Waals surface area (Å²) >= 11 is 0. The summed E-state index contributed by atoms with van der Waals surface area (Å²) in [5.74, 6) is 6.00. The molecule has 1 atom stereocenters. The molecule has 2 aliphatic heterocycles. The van der Waals surface area contributed by atoms with Gasteiger partial charge in [-0.2, -0.15) is 5.84 Å². The predicted octanol–water partition coefficient (Wildman–Crippen LogP) is -0.369. The molecular formula is C15H19N6O2+. The normalized spacial score (nSPS) is 20.9. The number of aliphatic imine (C=N–C) groups is 1. The number of rotatable bonds is 2. The predicted molar refractivity (Wildman–Crippen MR) is 84.6 cm³/mol. The molecule has 1 fully saturated rings. The maximum Gasteiger partial charge on any atom is 0.407 e. The van der Waals surface area contributed by atoms with Crippen molar-refractivity contribution in [3.63, 3.8) is 0 Å². The van der Waals surface area contributed by atoms with Gasteiger partial charge in [-0.25, -0.2) is 14.8 Å². The Morgan fingerprint density at radius 3 is 2.70 bits per heavy atom. The van der Waals surface area contributed by atoms with Crippen molar-refractivity contribution in [3.8, 4) is 0 Å². The van der Waals surface area contributed by atoms with Gasteiger partial charge in [-0.15, -0.1) is 0 Å². The number of hydrazine groups is 1. The summed E-state index contributed by atoms with van der Waals surface area (Å²) in [6.07, 6.45) is 0. The van der Waals surface area contributed by atoms with Gasteiger partial charge in [0.15, 0.2) is 0 Å². The van der Waals surface area contributed by atoms with Gasteiger partial charge in [-0.1, -0.05) is 34.8 Å². The van der Waals surface area contributed by atoms with Gasteiger partial charge in [0.05, 0.1) is 6.54 Å². The average molecular weight is 315 g/mol. The maximum absolute atomic E-state index is 12.6. The number of nitrogens with two attached hydrogens (primary N) is 1. The second kappa shape index (κ2) is 5.47. The van der Waals surface area contributed by atoms with Crippen molar-refractivity contribution in [1.29, 1.82) is 0 Å². The number of imide groups is 1. The Balaban J connectivity index is 2.00. The van der Waals surface area contributed by atoms with E-state index in [4.69, 9.17) is 5.84 Å². The van der Waals surface area contributed by atoms with Gasteiger partial charge in [-0.3, -0.25) is 14.6 Å². The molecule has 1 saturated heterocycles. The molecule has 8 heteroatoms. The molecule has 8 nitrogen and oxygen atoms in total. The number of hydrogen-bond acceptors (Lipinski definition) is 5. The van der Waals surface area contributed by atoms with Crippen LogP contribution in [0.5, 0.6) is 0 Å². The summed E-state index contributed by atoms with van der Waals surface area (Å²) in [4.78, 5) is 31.4. The van der Waals surface area contributed by atoms with E-state index in [1.165, 1.54) is 11.9 Å². The lowest BCUT2D eigenvalue weighted by Gasteiger charge is -2.31. The average Bonchev–Trinajstić information content (AvgIpc) is 2.89. The summed E-state index contributed by atoms with van der Waals surface area (Å²) in [7, 11) is 3.07. The van der Waals surface area contributed by atoms with Crippen LogP contribution in [0.4, 0.5) is 4.79 Å². The van der Waals surface area contributed by atoms with Crippen LogP contribution in [0.25, 0.3) is 0 Å². The second-order valence-electron chi connectivity index (χ2n) is 5.70. The fraction of sp³-hybridized carbons (Fsp3) is 0.333. The number of fused-ring (bicyclic) bond motifs is 1. The van der Waals surface area contributed by atoms with Gasteiger partial charge in [0.1, 0.15) is 0 Å². The van der Waals surface area contributed by atoms with Crippen LogP contribution in [0.1, 0.15) is 11.1 Å². The Labute approximate surface area is 133 Å². The molecule has 1 aromatic rings. The third kappa shape index (κ3) is 2.36. The third-order valence-corrected chi connectivity index (χ3v) is 4.10. The standard InChI is InChI=1S/C15H18N6O2/c1-9-5-4-6-10(7-9)8-21-11-12(17-14(21)18-16)19(2)15(23)20(3)13(11)22/h4-7,11H,8,16H2,1-3H3/p+1. The summed E-state index contributed by atoms with van der Waals surface area (Å²) in [6.45, 7) is 2.47. The first-order valence-corrected chi connectivity index (χ1v) is 7.23. The van der Waals surface area contributed by atoms with E-state index in [1.807, 2.05) is 31.2 Å².